The summed E-state index contributed by atoms with van der Waals surface area (Å²) in [6.07, 6.45) is 9.22. The summed E-state index contributed by atoms with van der Waals surface area (Å²) >= 11 is 0. The minimum Gasteiger partial charge on any atom is -0.342 e. The van der Waals surface area contributed by atoms with Gasteiger partial charge in [-0.3, -0.25) is 29.1 Å². The number of likely N-dealkylation sites (N-methyl/N-ethyl adjacent to an activating group) is 1. The summed E-state index contributed by atoms with van der Waals surface area (Å²) in [6, 6.07) is 1.73. The molecule has 0 unspecified atom stereocenters. The normalized spacial score (nSPS) is 21.2. The molecule has 1 aromatic rings. The number of amides is 4. The van der Waals surface area contributed by atoms with Crippen LogP contribution in [0.4, 0.5) is 5.69 Å². The third kappa shape index (κ3) is 8.67. The maximum Gasteiger partial charge on any atom is 0.249 e. The van der Waals surface area contributed by atoms with Gasteiger partial charge in [0.15, 0.2) is 0 Å². The van der Waals surface area contributed by atoms with Gasteiger partial charge in [0.05, 0.1) is 12.1 Å². The van der Waals surface area contributed by atoms with Gasteiger partial charge in [0.2, 0.25) is 23.6 Å². The van der Waals surface area contributed by atoms with Gasteiger partial charge in [-0.1, -0.05) is 47.1 Å². The molecule has 2 saturated heterocycles. The number of aromatic nitrogens is 1. The Hall–Kier alpha value is -3.27. The molecule has 10 nitrogen and oxygen atoms in total. The molecule has 3 heterocycles. The van der Waals surface area contributed by atoms with E-state index >= 15 is 0 Å². The number of hydrogen-bond acceptors (Lipinski definition) is 6. The van der Waals surface area contributed by atoms with Crippen molar-refractivity contribution in [3.8, 4) is 0 Å². The Morgan fingerprint density at radius 2 is 1.59 bits per heavy atom. The number of rotatable bonds is 10. The van der Waals surface area contributed by atoms with E-state index in [1.54, 1.807) is 48.3 Å². The number of nitrogens with zero attached hydrogens (tertiary/aromatic N) is 4. The lowest BCUT2D eigenvalue weighted by atomic mass is 9.84. The van der Waals surface area contributed by atoms with Gasteiger partial charge in [0, 0.05) is 43.3 Å². The van der Waals surface area contributed by atoms with Crippen LogP contribution in [0.25, 0.3) is 0 Å². The predicted octanol–water partition coefficient (Wildman–Crippen LogP) is 4.23. The van der Waals surface area contributed by atoms with Crippen LogP contribution in [-0.2, 0) is 19.2 Å². The Morgan fingerprint density at radius 1 is 0.955 bits per heavy atom. The van der Waals surface area contributed by atoms with E-state index in [0.29, 0.717) is 24.2 Å². The first kappa shape index (κ1) is 35.2. The van der Waals surface area contributed by atoms with E-state index in [4.69, 9.17) is 0 Å². The van der Waals surface area contributed by atoms with Crippen molar-refractivity contribution in [3.63, 3.8) is 0 Å². The molecule has 0 bridgehead atoms. The Balaban J connectivity index is 1.77. The number of carbonyl (C=O) groups is 4. The Labute approximate surface area is 264 Å². The van der Waals surface area contributed by atoms with Gasteiger partial charge >= 0.3 is 0 Å². The molecule has 0 spiro atoms. The largest absolute Gasteiger partial charge is 0.342 e. The number of hydrogen-bond donors (Lipinski definition) is 2. The molecule has 3 rings (SSSR count). The second kappa shape index (κ2) is 15.1. The van der Waals surface area contributed by atoms with E-state index in [-0.39, 0.29) is 47.7 Å². The Bertz CT molecular complexity index is 1190. The lowest BCUT2D eigenvalue weighted by Gasteiger charge is -2.41. The molecule has 244 valence electrons. The lowest BCUT2D eigenvalue weighted by Crippen LogP contribution is -2.60. The molecule has 4 amide bonds. The van der Waals surface area contributed by atoms with Gasteiger partial charge in [-0.2, -0.15) is 0 Å². The number of likely N-dealkylation sites (tertiary alicyclic amines) is 2. The van der Waals surface area contributed by atoms with Crippen molar-refractivity contribution in [2.45, 2.75) is 118 Å². The third-order valence-electron chi connectivity index (χ3n) is 8.91. The van der Waals surface area contributed by atoms with E-state index in [1.165, 1.54) is 0 Å². The van der Waals surface area contributed by atoms with Gasteiger partial charge in [0.25, 0.3) is 0 Å². The van der Waals surface area contributed by atoms with E-state index < -0.39 is 17.5 Å². The Kier molecular flexibility index (Phi) is 12.1. The molecule has 2 aliphatic rings. The van der Waals surface area contributed by atoms with Crippen LogP contribution in [0, 0.1) is 11.3 Å². The van der Waals surface area contributed by atoms with Gasteiger partial charge in [0.1, 0.15) is 12.1 Å². The summed E-state index contributed by atoms with van der Waals surface area (Å²) in [4.78, 5) is 63.9. The van der Waals surface area contributed by atoms with E-state index in [9.17, 15) is 19.2 Å². The molecule has 2 N–H and O–H groups in total. The molecule has 44 heavy (non-hydrogen) atoms. The van der Waals surface area contributed by atoms with Crippen molar-refractivity contribution in [1.29, 1.82) is 0 Å². The number of piperidine rings is 1. The summed E-state index contributed by atoms with van der Waals surface area (Å²) in [5.74, 6) is -0.727. The van der Waals surface area contributed by atoms with E-state index in [1.807, 2.05) is 40.7 Å². The SMILES string of the molecule is C/C(=C\[C@H](C(C)C)N(C)C(=O)[C@@H](NC(=O)[C@H]1CCCCN1C(C)C)C(C)(C)C)C(=O)N1CCC[C@H]1C(=O)Nc1ccncc1. The van der Waals surface area contributed by atoms with Crippen LogP contribution < -0.4 is 10.6 Å². The van der Waals surface area contributed by atoms with Crippen LogP contribution in [0.15, 0.2) is 36.2 Å². The highest BCUT2D eigenvalue weighted by atomic mass is 16.2. The molecule has 0 radical (unpaired) electrons. The standard InChI is InChI=1S/C34H54N6O4/c1-22(2)28(21-24(5)32(43)40-20-12-14-27(40)30(41)36-25-15-17-35-18-16-25)38(9)33(44)29(34(6,7)8)37-31(42)26-13-10-11-19-39(26)23(3)4/h15-18,21-23,26-29H,10-14,19-20H2,1-9H3,(H,37,42)(H,35,36,41)/b24-21+/t26-,27+,28-,29-/m1/s1. The minimum atomic E-state index is -0.735. The fourth-order valence-corrected chi connectivity index (χ4v) is 6.34. The highest BCUT2D eigenvalue weighted by Gasteiger charge is 2.40. The number of carbonyl (C=O) groups excluding carboxylic acids is 4. The number of anilines is 1. The summed E-state index contributed by atoms with van der Waals surface area (Å²) in [7, 11) is 1.74. The van der Waals surface area contributed by atoms with Crippen molar-refractivity contribution < 1.29 is 19.2 Å². The van der Waals surface area contributed by atoms with Crippen molar-refractivity contribution in [2.24, 2.45) is 11.3 Å². The average molecular weight is 611 g/mol. The highest BCUT2D eigenvalue weighted by Crippen LogP contribution is 2.27. The number of pyridine rings is 1. The summed E-state index contributed by atoms with van der Waals surface area (Å²) in [6.45, 7) is 17.2. The molecule has 2 aliphatic heterocycles. The van der Waals surface area contributed by atoms with Crippen molar-refractivity contribution in [2.75, 3.05) is 25.5 Å². The van der Waals surface area contributed by atoms with Gasteiger partial charge in [-0.05, 0) is 76.5 Å². The zero-order valence-corrected chi connectivity index (χ0v) is 28.2. The van der Waals surface area contributed by atoms with Crippen LogP contribution in [0.5, 0.6) is 0 Å². The molecular weight excluding hydrogens is 556 g/mol. The van der Waals surface area contributed by atoms with Crippen LogP contribution in [-0.4, -0.2) is 93.7 Å². The highest BCUT2D eigenvalue weighted by molar-refractivity contribution is 6.01. The van der Waals surface area contributed by atoms with Crippen LogP contribution in [0.1, 0.15) is 87.5 Å². The maximum atomic E-state index is 14.1. The zero-order chi connectivity index (χ0) is 32.8. The van der Waals surface area contributed by atoms with Gasteiger partial charge < -0.3 is 20.4 Å². The molecule has 2 fully saturated rings. The first-order valence-electron chi connectivity index (χ1n) is 16.2. The molecular formula is C34H54N6O4. The first-order valence-corrected chi connectivity index (χ1v) is 16.2. The summed E-state index contributed by atoms with van der Waals surface area (Å²) < 4.78 is 0. The van der Waals surface area contributed by atoms with Gasteiger partial charge in [-0.15, -0.1) is 0 Å². The topological polar surface area (TPSA) is 115 Å². The van der Waals surface area contributed by atoms with E-state index in [0.717, 1.165) is 32.2 Å². The molecule has 0 aliphatic carbocycles. The van der Waals surface area contributed by atoms with Crippen LogP contribution >= 0.6 is 0 Å². The maximum absolute atomic E-state index is 14.1. The molecule has 4 atom stereocenters. The third-order valence-corrected chi connectivity index (χ3v) is 8.91. The van der Waals surface area contributed by atoms with Crippen molar-refractivity contribution >= 4 is 29.3 Å². The predicted molar refractivity (Wildman–Crippen MR) is 174 cm³/mol. The number of nitrogens with one attached hydrogen (secondary N) is 2. The van der Waals surface area contributed by atoms with Crippen LogP contribution in [0.3, 0.4) is 0 Å². The summed E-state index contributed by atoms with van der Waals surface area (Å²) in [5.41, 5.74) is 0.592. The molecule has 1 aromatic heterocycles. The smallest absolute Gasteiger partial charge is 0.249 e. The Morgan fingerprint density at radius 3 is 2.18 bits per heavy atom. The first-order chi connectivity index (χ1) is 20.6. The summed E-state index contributed by atoms with van der Waals surface area (Å²) in [5, 5.41) is 6.02. The lowest BCUT2D eigenvalue weighted by molar-refractivity contribution is -0.142. The van der Waals surface area contributed by atoms with Crippen molar-refractivity contribution in [3.05, 3.63) is 36.2 Å². The second-order valence-electron chi connectivity index (χ2n) is 14.1. The van der Waals surface area contributed by atoms with E-state index in [2.05, 4.69) is 34.4 Å². The molecule has 0 aromatic carbocycles. The average Bonchev–Trinajstić information content (AvgIpc) is 3.47. The quantitative estimate of drug-likeness (QED) is 0.383. The molecule has 0 saturated carbocycles. The second-order valence-corrected chi connectivity index (χ2v) is 14.1. The van der Waals surface area contributed by atoms with Crippen LogP contribution in [0.2, 0.25) is 0 Å². The van der Waals surface area contributed by atoms with Gasteiger partial charge in [-0.25, -0.2) is 0 Å². The molecule has 10 heteroatoms. The van der Waals surface area contributed by atoms with Crippen molar-refractivity contribution in [1.82, 2.24) is 25.0 Å². The fourth-order valence-electron chi connectivity index (χ4n) is 6.34. The zero-order valence-electron chi connectivity index (χ0n) is 28.2. The monoisotopic (exact) mass is 610 g/mol. The minimum absolute atomic E-state index is 0.00200. The fraction of sp³-hybridized carbons (Fsp3) is 0.676.